The molecule has 0 aromatic rings. The van der Waals surface area contributed by atoms with Gasteiger partial charge in [0.05, 0.1) is 10.5 Å². The van der Waals surface area contributed by atoms with Crippen molar-refractivity contribution in [2.45, 2.75) is 25.3 Å². The molecule has 0 aliphatic carbocycles. The molecule has 0 bridgehead atoms. The first-order valence-corrected chi connectivity index (χ1v) is 3.56. The molecule has 1 heterocycles. The summed E-state index contributed by atoms with van der Waals surface area (Å²) >= 11 is 4.78. The molecule has 0 spiro atoms. The topological polar surface area (TPSA) is 55.1 Å². The molecule has 1 amide bonds. The molecule has 3 N–H and O–H groups in total. The second-order valence-corrected chi connectivity index (χ2v) is 3.18. The summed E-state index contributed by atoms with van der Waals surface area (Å²) < 4.78 is 0. The predicted octanol–water partition coefficient (Wildman–Crippen LogP) is -0.0588. The molecule has 0 radical (unpaired) electrons. The highest BCUT2D eigenvalue weighted by atomic mass is 32.1. The fourth-order valence-electron chi connectivity index (χ4n) is 0.981. The van der Waals surface area contributed by atoms with Crippen LogP contribution in [0.4, 0.5) is 0 Å². The Labute approximate surface area is 65.0 Å². The van der Waals surface area contributed by atoms with E-state index < -0.39 is 5.54 Å². The van der Waals surface area contributed by atoms with Gasteiger partial charge in [0.1, 0.15) is 0 Å². The third-order valence-electron chi connectivity index (χ3n) is 1.81. The lowest BCUT2D eigenvalue weighted by Gasteiger charge is -2.21. The first-order chi connectivity index (χ1) is 4.54. The van der Waals surface area contributed by atoms with Crippen molar-refractivity contribution in [1.82, 2.24) is 5.32 Å². The maximum Gasteiger partial charge on any atom is 0.220 e. The monoisotopic (exact) mass is 158 g/mol. The van der Waals surface area contributed by atoms with Gasteiger partial charge in [-0.3, -0.25) is 4.79 Å². The second kappa shape index (κ2) is 2.20. The smallest absolute Gasteiger partial charge is 0.220 e. The number of nitrogens with one attached hydrogen (secondary N) is 1. The van der Waals surface area contributed by atoms with Crippen LogP contribution in [0.2, 0.25) is 0 Å². The average Bonchev–Trinajstić information content (AvgIpc) is 2.13. The quantitative estimate of drug-likeness (QED) is 0.526. The fraction of sp³-hybridized carbons (Fsp3) is 0.667. The predicted molar refractivity (Wildman–Crippen MR) is 42.6 cm³/mol. The van der Waals surface area contributed by atoms with Crippen molar-refractivity contribution in [1.29, 1.82) is 0 Å². The molecule has 0 aromatic heterocycles. The summed E-state index contributed by atoms with van der Waals surface area (Å²) in [4.78, 5) is 11.1. The Balaban J connectivity index is 2.72. The van der Waals surface area contributed by atoms with E-state index in [0.29, 0.717) is 11.4 Å². The van der Waals surface area contributed by atoms with Gasteiger partial charge in [0.2, 0.25) is 5.91 Å². The molecule has 1 saturated heterocycles. The molecular formula is C6H10N2OS. The van der Waals surface area contributed by atoms with Crippen LogP contribution in [-0.4, -0.2) is 16.4 Å². The van der Waals surface area contributed by atoms with Crippen molar-refractivity contribution in [3.8, 4) is 0 Å². The van der Waals surface area contributed by atoms with E-state index in [9.17, 15) is 4.79 Å². The van der Waals surface area contributed by atoms with E-state index in [0.717, 1.165) is 6.42 Å². The minimum absolute atomic E-state index is 0.0373. The Hall–Kier alpha value is -0.640. The maximum absolute atomic E-state index is 10.7. The molecule has 3 nitrogen and oxygen atoms in total. The van der Waals surface area contributed by atoms with Crippen LogP contribution in [0.1, 0.15) is 19.8 Å². The molecule has 1 fully saturated rings. The molecule has 4 heteroatoms. The second-order valence-electron chi connectivity index (χ2n) is 2.74. The largest absolute Gasteiger partial charge is 0.391 e. The lowest BCUT2D eigenvalue weighted by Crippen LogP contribution is -2.48. The van der Waals surface area contributed by atoms with Crippen LogP contribution >= 0.6 is 12.2 Å². The van der Waals surface area contributed by atoms with Crippen LogP contribution in [0.25, 0.3) is 0 Å². The van der Waals surface area contributed by atoms with E-state index in [2.05, 4.69) is 5.32 Å². The number of hydrogen-bond donors (Lipinski definition) is 2. The number of hydrogen-bond acceptors (Lipinski definition) is 2. The number of amides is 1. The standard InChI is InChI=1S/C6H10N2OS/c1-6(5(7)10)3-2-4(9)8-6/h2-3H2,1H3,(H2,7,10)(H,8,9). The van der Waals surface area contributed by atoms with Gasteiger partial charge in [-0.2, -0.15) is 0 Å². The van der Waals surface area contributed by atoms with Gasteiger partial charge >= 0.3 is 0 Å². The molecular weight excluding hydrogens is 148 g/mol. The number of rotatable bonds is 1. The third-order valence-corrected chi connectivity index (χ3v) is 2.26. The normalized spacial score (nSPS) is 31.9. The number of carbonyl (C=O) groups excluding carboxylic acids is 1. The summed E-state index contributed by atoms with van der Waals surface area (Å²) in [6.45, 7) is 1.85. The minimum Gasteiger partial charge on any atom is -0.391 e. The van der Waals surface area contributed by atoms with E-state index in [4.69, 9.17) is 18.0 Å². The Bertz CT molecular complexity index is 192. The molecule has 56 valence electrons. The number of carbonyl (C=O) groups is 1. The van der Waals surface area contributed by atoms with E-state index in [1.165, 1.54) is 0 Å². The average molecular weight is 158 g/mol. The van der Waals surface area contributed by atoms with Gasteiger partial charge in [0, 0.05) is 6.42 Å². The Morgan fingerprint density at radius 2 is 2.50 bits per heavy atom. The molecule has 1 aliphatic rings. The van der Waals surface area contributed by atoms with Crippen LogP contribution in [0.15, 0.2) is 0 Å². The molecule has 10 heavy (non-hydrogen) atoms. The highest BCUT2D eigenvalue weighted by Crippen LogP contribution is 2.19. The molecule has 1 unspecified atom stereocenters. The van der Waals surface area contributed by atoms with Crippen LogP contribution < -0.4 is 11.1 Å². The third kappa shape index (κ3) is 1.11. The van der Waals surface area contributed by atoms with Crippen LogP contribution in [-0.2, 0) is 4.79 Å². The molecule has 1 atom stereocenters. The summed E-state index contributed by atoms with van der Waals surface area (Å²) in [7, 11) is 0. The van der Waals surface area contributed by atoms with Crippen LogP contribution in [0.3, 0.4) is 0 Å². The number of thiocarbonyl (C=S) groups is 1. The van der Waals surface area contributed by atoms with Crippen molar-refractivity contribution in [3.05, 3.63) is 0 Å². The van der Waals surface area contributed by atoms with E-state index in [-0.39, 0.29) is 5.91 Å². The van der Waals surface area contributed by atoms with Gasteiger partial charge in [-0.1, -0.05) is 12.2 Å². The van der Waals surface area contributed by atoms with Crippen LogP contribution in [0, 0.1) is 0 Å². The highest BCUT2D eigenvalue weighted by molar-refractivity contribution is 7.80. The molecule has 1 rings (SSSR count). The first-order valence-electron chi connectivity index (χ1n) is 3.15. The van der Waals surface area contributed by atoms with Crippen molar-refractivity contribution in [2.75, 3.05) is 0 Å². The minimum atomic E-state index is -0.424. The van der Waals surface area contributed by atoms with Gasteiger partial charge in [-0.05, 0) is 13.3 Å². The highest BCUT2D eigenvalue weighted by Gasteiger charge is 2.35. The van der Waals surface area contributed by atoms with Crippen molar-refractivity contribution in [3.63, 3.8) is 0 Å². The van der Waals surface area contributed by atoms with E-state index in [1.807, 2.05) is 6.92 Å². The zero-order valence-corrected chi connectivity index (χ0v) is 6.62. The van der Waals surface area contributed by atoms with Gasteiger partial charge < -0.3 is 11.1 Å². The number of nitrogens with two attached hydrogens (primary N) is 1. The zero-order valence-electron chi connectivity index (χ0n) is 5.81. The Morgan fingerprint density at radius 1 is 1.90 bits per heavy atom. The van der Waals surface area contributed by atoms with Gasteiger partial charge in [-0.15, -0.1) is 0 Å². The summed E-state index contributed by atoms with van der Waals surface area (Å²) in [5, 5.41) is 2.72. The van der Waals surface area contributed by atoms with Gasteiger partial charge in [0.25, 0.3) is 0 Å². The Kier molecular flexibility index (Phi) is 1.64. The first kappa shape index (κ1) is 7.47. The van der Waals surface area contributed by atoms with E-state index in [1.54, 1.807) is 0 Å². The maximum atomic E-state index is 10.7. The van der Waals surface area contributed by atoms with Gasteiger partial charge in [0.15, 0.2) is 0 Å². The lowest BCUT2D eigenvalue weighted by molar-refractivity contribution is -0.119. The Morgan fingerprint density at radius 3 is 2.70 bits per heavy atom. The summed E-state index contributed by atoms with van der Waals surface area (Å²) in [5.74, 6) is 0.0373. The van der Waals surface area contributed by atoms with Crippen LogP contribution in [0.5, 0.6) is 0 Å². The lowest BCUT2D eigenvalue weighted by atomic mass is 10.0. The zero-order chi connectivity index (χ0) is 7.78. The van der Waals surface area contributed by atoms with Gasteiger partial charge in [-0.25, -0.2) is 0 Å². The van der Waals surface area contributed by atoms with Crippen molar-refractivity contribution in [2.24, 2.45) is 5.73 Å². The fourth-order valence-corrected chi connectivity index (χ4v) is 1.13. The molecule has 1 aliphatic heterocycles. The summed E-state index contributed by atoms with van der Waals surface area (Å²) in [5.41, 5.74) is 4.99. The molecule has 0 saturated carbocycles. The summed E-state index contributed by atoms with van der Waals surface area (Å²) in [6.07, 6.45) is 1.26. The molecule has 0 aromatic carbocycles. The van der Waals surface area contributed by atoms with E-state index >= 15 is 0 Å². The summed E-state index contributed by atoms with van der Waals surface area (Å²) in [6, 6.07) is 0. The van der Waals surface area contributed by atoms with Crippen molar-refractivity contribution < 1.29 is 4.79 Å². The SMILES string of the molecule is CC1(C(N)=S)CCC(=O)N1. The van der Waals surface area contributed by atoms with Crippen molar-refractivity contribution >= 4 is 23.1 Å².